The molecule has 6 heteroatoms. The number of nitrogens with two attached hydrogens (primary N) is 1. The van der Waals surface area contributed by atoms with E-state index in [9.17, 15) is 9.90 Å². The van der Waals surface area contributed by atoms with Crippen LogP contribution in [0.25, 0.3) is 32.9 Å². The number of carbonyl (C=O) groups excluding carboxylic acids is 1. The average molecular weight is 482 g/mol. The summed E-state index contributed by atoms with van der Waals surface area (Å²) in [5.74, 6) is 0.452. The number of nitrogens with zero attached hydrogens (tertiary/aromatic N) is 1. The Morgan fingerprint density at radius 2 is 1.91 bits per heavy atom. The van der Waals surface area contributed by atoms with Crippen molar-refractivity contribution in [3.63, 3.8) is 0 Å². The normalized spacial score (nSPS) is 15.1. The highest BCUT2D eigenvalue weighted by Gasteiger charge is 2.35. The number of aromatic hydroxyl groups is 1. The van der Waals surface area contributed by atoms with Gasteiger partial charge in [-0.2, -0.15) is 0 Å². The number of H-pyrrole nitrogens is 1. The molecular weight excluding hydrogens is 458 g/mol. The van der Waals surface area contributed by atoms with Crippen molar-refractivity contribution in [2.45, 2.75) is 12.8 Å². The second-order valence-corrected chi connectivity index (χ2v) is 9.51. The number of phenols is 1. The van der Waals surface area contributed by atoms with E-state index >= 15 is 0 Å². The number of aromatic nitrogens is 1. The molecule has 5 aromatic rings. The average Bonchev–Trinajstić information content (AvgIpc) is 3.45. The Bertz CT molecular complexity index is 1620. The molecule has 0 saturated heterocycles. The summed E-state index contributed by atoms with van der Waals surface area (Å²) in [6.45, 7) is 2.50. The smallest absolute Gasteiger partial charge is 0.258 e. The summed E-state index contributed by atoms with van der Waals surface area (Å²) in [6, 6.07) is 23.0. The summed E-state index contributed by atoms with van der Waals surface area (Å²) in [5, 5.41) is 13.5. The first kappa shape index (κ1) is 21.6. The van der Waals surface area contributed by atoms with Gasteiger partial charge in [-0.1, -0.05) is 30.3 Å². The van der Waals surface area contributed by atoms with Crippen molar-refractivity contribution >= 4 is 50.6 Å². The van der Waals surface area contributed by atoms with Crippen LogP contribution in [0.4, 0.5) is 11.4 Å². The van der Waals surface area contributed by atoms with E-state index in [-0.39, 0.29) is 17.6 Å². The molecule has 1 aliphatic heterocycles. The number of fused-ring (bicyclic) bond motifs is 4. The Morgan fingerprint density at radius 1 is 1.11 bits per heavy atom. The van der Waals surface area contributed by atoms with Gasteiger partial charge >= 0.3 is 0 Å². The lowest BCUT2D eigenvalue weighted by Crippen LogP contribution is -2.30. The van der Waals surface area contributed by atoms with E-state index in [1.807, 2.05) is 73.7 Å². The molecule has 0 bridgehead atoms. The van der Waals surface area contributed by atoms with Gasteiger partial charge < -0.3 is 20.7 Å². The number of hydrogen-bond donors (Lipinski definition) is 3. The van der Waals surface area contributed by atoms with Gasteiger partial charge in [-0.05, 0) is 65.4 Å². The molecule has 0 radical (unpaired) electrons. The zero-order valence-electron chi connectivity index (χ0n) is 19.2. The highest BCUT2D eigenvalue weighted by molar-refractivity contribution is 6.19. The van der Waals surface area contributed by atoms with Crippen molar-refractivity contribution in [2.75, 3.05) is 23.1 Å². The minimum atomic E-state index is -0.108. The molecule has 0 saturated carbocycles. The lowest BCUT2D eigenvalue weighted by molar-refractivity contribution is 0.0988. The van der Waals surface area contributed by atoms with E-state index < -0.39 is 0 Å². The van der Waals surface area contributed by atoms with Gasteiger partial charge in [0, 0.05) is 57.6 Å². The number of nitrogen functional groups attached to an aromatic ring is 1. The summed E-state index contributed by atoms with van der Waals surface area (Å²) in [6.07, 6.45) is 0. The molecule has 1 atom stereocenters. The van der Waals surface area contributed by atoms with E-state index in [2.05, 4.69) is 4.98 Å². The fraction of sp³-hybridized carbons (Fsp3) is 0.138. The molecule has 1 aliphatic rings. The Morgan fingerprint density at radius 3 is 2.69 bits per heavy atom. The van der Waals surface area contributed by atoms with E-state index in [0.29, 0.717) is 23.7 Å². The molecule has 174 valence electrons. The molecular formula is C29H24ClN3O2. The maximum Gasteiger partial charge on any atom is 0.258 e. The van der Waals surface area contributed by atoms with Crippen molar-refractivity contribution in [3.8, 4) is 17.0 Å². The molecule has 4 aromatic carbocycles. The van der Waals surface area contributed by atoms with Gasteiger partial charge in [-0.25, -0.2) is 0 Å². The Labute approximate surface area is 207 Å². The second-order valence-electron chi connectivity index (χ2n) is 9.20. The van der Waals surface area contributed by atoms with E-state index in [0.717, 1.165) is 49.7 Å². The fourth-order valence-corrected chi connectivity index (χ4v) is 5.51. The third kappa shape index (κ3) is 3.43. The Kier molecular flexibility index (Phi) is 4.97. The third-order valence-electron chi connectivity index (χ3n) is 6.99. The minimum absolute atomic E-state index is 0.00655. The van der Waals surface area contributed by atoms with Gasteiger partial charge in [-0.3, -0.25) is 4.79 Å². The number of anilines is 2. The standard InChI is InChI=1S/C29H24ClN3O2/c1-16-3-2-4-22-26(34)13-25-28(27(16)22)20(14-30)15-33(25)29(35)18-7-10-23-19(11-18)12-24(32-23)17-5-8-21(31)9-6-17/h2-13,20,32,34H,14-15,31H2,1H3. The largest absolute Gasteiger partial charge is 0.507 e. The van der Waals surface area contributed by atoms with Crippen LogP contribution < -0.4 is 10.6 Å². The molecule has 1 amide bonds. The summed E-state index contributed by atoms with van der Waals surface area (Å²) in [4.78, 5) is 18.9. The molecule has 5 nitrogen and oxygen atoms in total. The zero-order chi connectivity index (χ0) is 24.3. The number of aromatic amines is 1. The number of phenolic OH excluding ortho intramolecular Hbond substituents is 1. The summed E-state index contributed by atoms with van der Waals surface area (Å²) in [7, 11) is 0. The SMILES string of the molecule is Cc1cccc2c(O)cc3c(c12)C(CCl)CN3C(=O)c1ccc2[nH]c(-c3ccc(N)cc3)cc2c1. The van der Waals surface area contributed by atoms with Crippen molar-refractivity contribution in [1.29, 1.82) is 0 Å². The van der Waals surface area contributed by atoms with Gasteiger partial charge in [0.05, 0.1) is 5.69 Å². The first-order chi connectivity index (χ1) is 16.9. The topological polar surface area (TPSA) is 82.3 Å². The highest BCUT2D eigenvalue weighted by Crippen LogP contribution is 2.46. The van der Waals surface area contributed by atoms with Crippen molar-refractivity contribution in [2.24, 2.45) is 0 Å². The summed E-state index contributed by atoms with van der Waals surface area (Å²) < 4.78 is 0. The minimum Gasteiger partial charge on any atom is -0.507 e. The molecule has 2 heterocycles. The van der Waals surface area contributed by atoms with Crippen molar-refractivity contribution in [3.05, 3.63) is 89.5 Å². The van der Waals surface area contributed by atoms with Crippen LogP contribution in [0.15, 0.2) is 72.8 Å². The number of nitrogens with one attached hydrogen (secondary N) is 1. The van der Waals surface area contributed by atoms with Crippen LogP contribution in [-0.4, -0.2) is 28.4 Å². The number of halogens is 1. The molecule has 4 N–H and O–H groups in total. The van der Waals surface area contributed by atoms with Crippen LogP contribution in [0.1, 0.15) is 27.4 Å². The van der Waals surface area contributed by atoms with Crippen molar-refractivity contribution in [1.82, 2.24) is 4.98 Å². The number of hydrogen-bond acceptors (Lipinski definition) is 3. The van der Waals surface area contributed by atoms with Crippen LogP contribution in [0, 0.1) is 6.92 Å². The van der Waals surface area contributed by atoms with Crippen molar-refractivity contribution < 1.29 is 9.90 Å². The highest BCUT2D eigenvalue weighted by atomic mass is 35.5. The molecule has 0 fully saturated rings. The predicted octanol–water partition coefficient (Wildman–Crippen LogP) is 6.57. The first-order valence-electron chi connectivity index (χ1n) is 11.6. The lowest BCUT2D eigenvalue weighted by atomic mass is 9.92. The zero-order valence-corrected chi connectivity index (χ0v) is 19.9. The van der Waals surface area contributed by atoms with Crippen LogP contribution in [0.5, 0.6) is 5.75 Å². The summed E-state index contributed by atoms with van der Waals surface area (Å²) >= 11 is 6.38. The molecule has 0 aliphatic carbocycles. The number of alkyl halides is 1. The molecule has 0 spiro atoms. The van der Waals surface area contributed by atoms with Crippen LogP contribution in [-0.2, 0) is 0 Å². The maximum atomic E-state index is 13.7. The number of rotatable bonds is 3. The second kappa shape index (κ2) is 8.07. The van der Waals surface area contributed by atoms with Crippen LogP contribution >= 0.6 is 11.6 Å². The Balaban J connectivity index is 1.42. The number of amides is 1. The van der Waals surface area contributed by atoms with Gasteiger partial charge in [0.15, 0.2) is 0 Å². The van der Waals surface area contributed by atoms with Gasteiger partial charge in [0.25, 0.3) is 5.91 Å². The monoisotopic (exact) mass is 481 g/mol. The maximum absolute atomic E-state index is 13.7. The van der Waals surface area contributed by atoms with Crippen LogP contribution in [0.2, 0.25) is 0 Å². The first-order valence-corrected chi connectivity index (χ1v) is 12.1. The van der Waals surface area contributed by atoms with Gasteiger partial charge in [0.2, 0.25) is 0 Å². The molecule has 6 rings (SSSR count). The third-order valence-corrected chi connectivity index (χ3v) is 7.36. The van der Waals surface area contributed by atoms with Crippen LogP contribution in [0.3, 0.4) is 0 Å². The van der Waals surface area contributed by atoms with E-state index in [1.165, 1.54) is 0 Å². The van der Waals surface area contributed by atoms with Gasteiger partial charge in [0.1, 0.15) is 5.75 Å². The molecule has 1 unspecified atom stereocenters. The number of aryl methyl sites for hydroxylation is 1. The van der Waals surface area contributed by atoms with E-state index in [1.54, 1.807) is 11.0 Å². The fourth-order valence-electron chi connectivity index (χ4n) is 5.26. The quantitative estimate of drug-likeness (QED) is 0.201. The number of benzene rings is 4. The predicted molar refractivity (Wildman–Crippen MR) is 144 cm³/mol. The molecule has 1 aromatic heterocycles. The Hall–Kier alpha value is -3.96. The van der Waals surface area contributed by atoms with Gasteiger partial charge in [-0.15, -0.1) is 11.6 Å². The lowest BCUT2D eigenvalue weighted by Gasteiger charge is -2.19. The summed E-state index contributed by atoms with van der Waals surface area (Å²) in [5.41, 5.74) is 12.9. The van der Waals surface area contributed by atoms with E-state index in [4.69, 9.17) is 17.3 Å². The number of carbonyl (C=O) groups is 1. The molecule has 35 heavy (non-hydrogen) atoms.